The van der Waals surface area contributed by atoms with Crippen molar-refractivity contribution < 1.29 is 4.79 Å². The van der Waals surface area contributed by atoms with Crippen LogP contribution in [0.3, 0.4) is 0 Å². The van der Waals surface area contributed by atoms with Crippen LogP contribution in [-0.4, -0.2) is 36.5 Å². The molecule has 18 heavy (non-hydrogen) atoms. The van der Waals surface area contributed by atoms with Crippen LogP contribution in [0.5, 0.6) is 0 Å². The first-order valence-electron chi connectivity index (χ1n) is 6.57. The van der Waals surface area contributed by atoms with E-state index < -0.39 is 0 Å². The molecule has 2 aliphatic heterocycles. The highest BCUT2D eigenvalue weighted by molar-refractivity contribution is 7.10. The zero-order chi connectivity index (χ0) is 12.4. The molecule has 2 saturated heterocycles. The molecule has 0 saturated carbocycles. The molecule has 2 atom stereocenters. The highest BCUT2D eigenvalue weighted by atomic mass is 32.1. The Morgan fingerprint density at radius 1 is 1.50 bits per heavy atom. The Labute approximate surface area is 111 Å². The molecule has 0 spiro atoms. The number of carbonyl (C=O) groups excluding carboxylic acids is 1. The van der Waals surface area contributed by atoms with E-state index in [-0.39, 0.29) is 5.91 Å². The summed E-state index contributed by atoms with van der Waals surface area (Å²) in [4.78, 5) is 15.2. The quantitative estimate of drug-likeness (QED) is 0.827. The summed E-state index contributed by atoms with van der Waals surface area (Å²) in [5, 5.41) is 5.55. The number of thiophene rings is 1. The summed E-state index contributed by atoms with van der Waals surface area (Å²) in [6, 6.07) is 4.56. The van der Waals surface area contributed by atoms with E-state index in [1.165, 1.54) is 12.8 Å². The van der Waals surface area contributed by atoms with Crippen molar-refractivity contribution in [1.29, 1.82) is 0 Å². The first-order valence-corrected chi connectivity index (χ1v) is 7.45. The van der Waals surface area contributed by atoms with Gasteiger partial charge in [0, 0.05) is 30.1 Å². The van der Waals surface area contributed by atoms with Crippen LogP contribution in [0.4, 0.5) is 0 Å². The summed E-state index contributed by atoms with van der Waals surface area (Å²) in [6.45, 7) is 2.90. The van der Waals surface area contributed by atoms with Crippen LogP contribution in [0.15, 0.2) is 23.6 Å². The van der Waals surface area contributed by atoms with Gasteiger partial charge in [0.25, 0.3) is 0 Å². The number of likely N-dealkylation sites (tertiary alicyclic amines) is 1. The molecule has 3 heterocycles. The first-order chi connectivity index (χ1) is 8.83. The van der Waals surface area contributed by atoms with Crippen molar-refractivity contribution in [2.75, 3.05) is 19.6 Å². The van der Waals surface area contributed by atoms with Crippen LogP contribution in [0.25, 0.3) is 6.08 Å². The minimum Gasteiger partial charge on any atom is -0.337 e. The van der Waals surface area contributed by atoms with Gasteiger partial charge in [0.05, 0.1) is 0 Å². The van der Waals surface area contributed by atoms with Gasteiger partial charge in [-0.25, -0.2) is 0 Å². The second-order valence-electron chi connectivity index (χ2n) is 5.05. The normalized spacial score (nSPS) is 27.7. The van der Waals surface area contributed by atoms with Crippen LogP contribution >= 0.6 is 11.3 Å². The van der Waals surface area contributed by atoms with Gasteiger partial charge in [0.2, 0.25) is 5.91 Å². The van der Waals surface area contributed by atoms with Crippen molar-refractivity contribution in [3.05, 3.63) is 28.5 Å². The smallest absolute Gasteiger partial charge is 0.246 e. The van der Waals surface area contributed by atoms with E-state index in [1.807, 2.05) is 28.5 Å². The summed E-state index contributed by atoms with van der Waals surface area (Å²) in [5.41, 5.74) is 0. The Hall–Kier alpha value is -1.13. The molecule has 1 amide bonds. The van der Waals surface area contributed by atoms with Gasteiger partial charge >= 0.3 is 0 Å². The monoisotopic (exact) mass is 262 g/mol. The van der Waals surface area contributed by atoms with Gasteiger partial charge in [-0.3, -0.25) is 4.79 Å². The first kappa shape index (κ1) is 11.9. The van der Waals surface area contributed by atoms with E-state index >= 15 is 0 Å². The predicted octanol–water partition coefficient (Wildman–Crippen LogP) is 1.97. The third kappa shape index (κ3) is 2.49. The largest absolute Gasteiger partial charge is 0.337 e. The molecule has 3 rings (SSSR count). The van der Waals surface area contributed by atoms with Crippen molar-refractivity contribution in [3.63, 3.8) is 0 Å². The fourth-order valence-corrected chi connectivity index (χ4v) is 3.49. The molecule has 3 nitrogen and oxygen atoms in total. The Kier molecular flexibility index (Phi) is 3.48. The molecule has 2 unspecified atom stereocenters. The summed E-state index contributed by atoms with van der Waals surface area (Å²) in [7, 11) is 0. The van der Waals surface area contributed by atoms with Crippen molar-refractivity contribution >= 4 is 23.3 Å². The maximum Gasteiger partial charge on any atom is 0.246 e. The molecule has 0 radical (unpaired) electrons. The maximum atomic E-state index is 12.1. The molecule has 1 aromatic rings. The van der Waals surface area contributed by atoms with Gasteiger partial charge in [-0.2, -0.15) is 0 Å². The Morgan fingerprint density at radius 2 is 2.44 bits per heavy atom. The highest BCUT2D eigenvalue weighted by Gasteiger charge is 2.35. The zero-order valence-electron chi connectivity index (χ0n) is 10.3. The number of carbonyl (C=O) groups is 1. The minimum atomic E-state index is 0.152. The topological polar surface area (TPSA) is 32.3 Å². The molecule has 96 valence electrons. The van der Waals surface area contributed by atoms with Crippen molar-refractivity contribution in [2.45, 2.75) is 18.9 Å². The molecule has 1 aromatic heterocycles. The maximum absolute atomic E-state index is 12.1. The highest BCUT2D eigenvalue weighted by Crippen LogP contribution is 2.25. The van der Waals surface area contributed by atoms with Crippen LogP contribution in [0, 0.1) is 5.92 Å². The van der Waals surface area contributed by atoms with Gasteiger partial charge < -0.3 is 10.2 Å². The van der Waals surface area contributed by atoms with Crippen molar-refractivity contribution in [3.8, 4) is 0 Å². The van der Waals surface area contributed by atoms with Gasteiger partial charge in [0.15, 0.2) is 0 Å². The lowest BCUT2D eigenvalue weighted by Crippen LogP contribution is -2.40. The number of hydrogen-bond donors (Lipinski definition) is 1. The fourth-order valence-electron chi connectivity index (χ4n) is 2.87. The number of hydrogen-bond acceptors (Lipinski definition) is 3. The third-order valence-corrected chi connectivity index (χ3v) is 4.68. The van der Waals surface area contributed by atoms with E-state index in [2.05, 4.69) is 5.32 Å². The van der Waals surface area contributed by atoms with E-state index in [9.17, 15) is 4.79 Å². The summed E-state index contributed by atoms with van der Waals surface area (Å²) >= 11 is 1.66. The molecule has 4 heteroatoms. The minimum absolute atomic E-state index is 0.152. The second-order valence-corrected chi connectivity index (χ2v) is 6.03. The van der Waals surface area contributed by atoms with Crippen LogP contribution in [0.1, 0.15) is 17.7 Å². The number of nitrogens with one attached hydrogen (secondary N) is 1. The van der Waals surface area contributed by atoms with E-state index in [0.717, 1.165) is 24.5 Å². The average Bonchev–Trinajstić information content (AvgIpc) is 3.04. The summed E-state index contributed by atoms with van der Waals surface area (Å²) in [5.74, 6) is 0.817. The van der Waals surface area contributed by atoms with Gasteiger partial charge in [-0.05, 0) is 42.8 Å². The molecule has 0 aromatic carbocycles. The molecule has 0 bridgehead atoms. The molecule has 1 N–H and O–H groups in total. The lowest BCUT2D eigenvalue weighted by Gasteiger charge is -2.24. The Balaban J connectivity index is 1.60. The van der Waals surface area contributed by atoms with Gasteiger partial charge in [0.1, 0.15) is 0 Å². The standard InChI is InChI=1S/C14H18N2OS/c17-14(6-5-12-4-2-8-18-12)16-9-11-3-1-7-15-13(11)10-16/h2,4-6,8,11,13,15H,1,3,7,9-10H2/b6-5+. The van der Waals surface area contributed by atoms with E-state index in [0.29, 0.717) is 12.0 Å². The van der Waals surface area contributed by atoms with Crippen LogP contribution < -0.4 is 5.32 Å². The number of rotatable bonds is 2. The number of fused-ring (bicyclic) bond motifs is 1. The van der Waals surface area contributed by atoms with Crippen LogP contribution in [0.2, 0.25) is 0 Å². The molecule has 2 fully saturated rings. The lowest BCUT2D eigenvalue weighted by molar-refractivity contribution is -0.125. The van der Waals surface area contributed by atoms with E-state index in [1.54, 1.807) is 17.4 Å². The van der Waals surface area contributed by atoms with Gasteiger partial charge in [-0.1, -0.05) is 6.07 Å². The predicted molar refractivity (Wildman–Crippen MR) is 74.4 cm³/mol. The zero-order valence-corrected chi connectivity index (χ0v) is 11.2. The molecule has 2 aliphatic rings. The average molecular weight is 262 g/mol. The lowest BCUT2D eigenvalue weighted by atomic mass is 9.94. The molecular weight excluding hydrogens is 244 g/mol. The Bertz CT molecular complexity index is 427. The molecule has 0 aliphatic carbocycles. The number of nitrogens with zero attached hydrogens (tertiary/aromatic N) is 1. The molecular formula is C14H18N2OS. The van der Waals surface area contributed by atoms with Gasteiger partial charge in [-0.15, -0.1) is 11.3 Å². The SMILES string of the molecule is O=C(/C=C/c1cccs1)N1CC2CCCNC2C1. The number of piperidine rings is 1. The summed E-state index contributed by atoms with van der Waals surface area (Å²) in [6.07, 6.45) is 6.13. The summed E-state index contributed by atoms with van der Waals surface area (Å²) < 4.78 is 0. The Morgan fingerprint density at radius 3 is 3.22 bits per heavy atom. The van der Waals surface area contributed by atoms with Crippen molar-refractivity contribution in [1.82, 2.24) is 10.2 Å². The van der Waals surface area contributed by atoms with E-state index in [4.69, 9.17) is 0 Å². The van der Waals surface area contributed by atoms with Crippen molar-refractivity contribution in [2.24, 2.45) is 5.92 Å². The fraction of sp³-hybridized carbons (Fsp3) is 0.500. The van der Waals surface area contributed by atoms with Crippen LogP contribution in [-0.2, 0) is 4.79 Å². The number of amides is 1. The third-order valence-electron chi connectivity index (χ3n) is 3.84. The second kappa shape index (κ2) is 5.24.